The Kier molecular flexibility index (Phi) is 6.47. The molecule has 0 spiro atoms. The van der Waals surface area contributed by atoms with E-state index >= 15 is 0 Å². The maximum atomic E-state index is 12.5. The predicted octanol–water partition coefficient (Wildman–Crippen LogP) is 6.44. The second-order valence-corrected chi connectivity index (χ2v) is 7.63. The first-order valence-corrected chi connectivity index (χ1v) is 10.5. The maximum absolute atomic E-state index is 12.5. The Bertz CT molecular complexity index is 1120. The lowest BCUT2D eigenvalue weighted by atomic mass is 9.97. The van der Waals surface area contributed by atoms with Crippen molar-refractivity contribution >= 4 is 17.3 Å². The highest BCUT2D eigenvalue weighted by atomic mass is 16.2. The zero-order valence-electron chi connectivity index (χ0n) is 17.5. The molecule has 3 heteroatoms. The van der Waals surface area contributed by atoms with Gasteiger partial charge in [-0.1, -0.05) is 109 Å². The van der Waals surface area contributed by atoms with Crippen LogP contribution in [0.25, 0.3) is 22.3 Å². The average molecular weight is 418 g/mol. The Morgan fingerprint density at radius 1 is 0.406 bits per heavy atom. The average Bonchev–Trinajstić information content (AvgIpc) is 2.85. The van der Waals surface area contributed by atoms with Crippen LogP contribution in [-0.4, -0.2) is 17.3 Å². The molecular weight excluding hydrogens is 396 g/mol. The van der Waals surface area contributed by atoms with E-state index in [9.17, 15) is 14.4 Å². The van der Waals surface area contributed by atoms with E-state index in [4.69, 9.17) is 0 Å². The summed E-state index contributed by atoms with van der Waals surface area (Å²) in [5.74, 6) is -0.928. The molecule has 0 saturated heterocycles. The van der Waals surface area contributed by atoms with E-state index in [0.29, 0.717) is 11.1 Å². The monoisotopic (exact) mass is 418 g/mol. The second kappa shape index (κ2) is 9.80. The lowest BCUT2D eigenvalue weighted by Crippen LogP contribution is -2.13. The van der Waals surface area contributed by atoms with Crippen LogP contribution in [0.3, 0.4) is 0 Å². The van der Waals surface area contributed by atoms with Crippen LogP contribution in [0.4, 0.5) is 0 Å². The number of benzene rings is 4. The van der Waals surface area contributed by atoms with Crippen molar-refractivity contribution in [2.24, 2.45) is 0 Å². The molecule has 0 aliphatic heterocycles. The molecule has 0 aromatic heterocycles. The minimum absolute atomic E-state index is 0.276. The number of hydrogen-bond acceptors (Lipinski definition) is 3. The van der Waals surface area contributed by atoms with Gasteiger partial charge in [-0.2, -0.15) is 0 Å². The van der Waals surface area contributed by atoms with Crippen molar-refractivity contribution < 1.29 is 14.4 Å². The molecule has 0 aliphatic rings. The Labute approximate surface area is 187 Å². The summed E-state index contributed by atoms with van der Waals surface area (Å²) < 4.78 is 0. The SMILES string of the molecule is O=C(CC(=O)c1ccc(-c2ccccc2)cc1)CC(=O)c1ccc(-c2ccccc2)cc1. The molecule has 0 bridgehead atoms. The highest BCUT2D eigenvalue weighted by Crippen LogP contribution is 2.21. The van der Waals surface area contributed by atoms with Crippen LogP contribution in [0.2, 0.25) is 0 Å². The third-order valence-electron chi connectivity index (χ3n) is 5.34. The molecule has 0 heterocycles. The van der Waals surface area contributed by atoms with Crippen LogP contribution in [0.1, 0.15) is 33.6 Å². The number of rotatable bonds is 8. The molecule has 3 nitrogen and oxygen atoms in total. The molecule has 0 unspecified atom stereocenters. The van der Waals surface area contributed by atoms with Gasteiger partial charge in [0.1, 0.15) is 5.78 Å². The summed E-state index contributed by atoms with van der Waals surface area (Å²) in [7, 11) is 0. The number of carbonyl (C=O) groups is 3. The Morgan fingerprint density at radius 3 is 1.06 bits per heavy atom. The van der Waals surface area contributed by atoms with Gasteiger partial charge in [-0.3, -0.25) is 14.4 Å². The van der Waals surface area contributed by atoms with Crippen LogP contribution < -0.4 is 0 Å². The topological polar surface area (TPSA) is 51.2 Å². The summed E-state index contributed by atoms with van der Waals surface area (Å²) in [6.45, 7) is 0. The molecule has 0 aliphatic carbocycles. The summed E-state index contributed by atoms with van der Waals surface area (Å²) in [5, 5.41) is 0. The molecule has 0 radical (unpaired) electrons. The number of Topliss-reactive ketones (excluding diaryl/α,β-unsaturated/α-hetero) is 3. The lowest BCUT2D eigenvalue weighted by Gasteiger charge is -2.05. The molecule has 4 aromatic carbocycles. The fourth-order valence-electron chi connectivity index (χ4n) is 3.58. The highest BCUT2D eigenvalue weighted by Gasteiger charge is 2.17. The summed E-state index contributed by atoms with van der Waals surface area (Å²) in [5.41, 5.74) is 5.07. The van der Waals surface area contributed by atoms with E-state index < -0.39 is 0 Å². The zero-order valence-corrected chi connectivity index (χ0v) is 17.5. The van der Waals surface area contributed by atoms with E-state index in [1.165, 1.54) is 0 Å². The van der Waals surface area contributed by atoms with Crippen molar-refractivity contribution in [1.29, 1.82) is 0 Å². The molecule has 4 aromatic rings. The van der Waals surface area contributed by atoms with Gasteiger partial charge in [-0.15, -0.1) is 0 Å². The summed E-state index contributed by atoms with van der Waals surface area (Å²) in [6, 6.07) is 34.1. The Balaban J connectivity index is 1.35. The Hall–Kier alpha value is -4.11. The molecule has 0 atom stereocenters. The standard InChI is InChI=1S/C29H22O3/c30-27(19-28(31)25-15-11-23(12-16-25)21-7-3-1-4-8-21)20-29(32)26-17-13-24(14-18-26)22-9-5-2-6-10-22/h1-18H,19-20H2. The van der Waals surface area contributed by atoms with E-state index in [1.807, 2.05) is 84.9 Å². The molecular formula is C29H22O3. The van der Waals surface area contributed by atoms with Gasteiger partial charge in [-0.05, 0) is 22.3 Å². The number of hydrogen-bond donors (Lipinski definition) is 0. The minimum atomic E-state index is -0.376. The van der Waals surface area contributed by atoms with Gasteiger partial charge < -0.3 is 0 Å². The highest BCUT2D eigenvalue weighted by molar-refractivity contribution is 6.15. The van der Waals surface area contributed by atoms with Crippen molar-refractivity contribution in [3.63, 3.8) is 0 Å². The lowest BCUT2D eigenvalue weighted by molar-refractivity contribution is -0.117. The molecule has 0 fully saturated rings. The zero-order chi connectivity index (χ0) is 22.3. The molecule has 0 amide bonds. The second-order valence-electron chi connectivity index (χ2n) is 7.63. The van der Waals surface area contributed by atoms with Gasteiger partial charge in [0.2, 0.25) is 0 Å². The minimum Gasteiger partial charge on any atom is -0.299 e. The van der Waals surface area contributed by atoms with Gasteiger partial charge in [-0.25, -0.2) is 0 Å². The summed E-state index contributed by atoms with van der Waals surface area (Å²) in [4.78, 5) is 37.3. The smallest absolute Gasteiger partial charge is 0.170 e. The van der Waals surface area contributed by atoms with Crippen molar-refractivity contribution in [3.8, 4) is 22.3 Å². The van der Waals surface area contributed by atoms with Crippen LogP contribution in [0.5, 0.6) is 0 Å². The van der Waals surface area contributed by atoms with Crippen LogP contribution in [0, 0.1) is 0 Å². The predicted molar refractivity (Wildman–Crippen MR) is 127 cm³/mol. The normalized spacial score (nSPS) is 10.5. The quantitative estimate of drug-likeness (QED) is 0.244. The maximum Gasteiger partial charge on any atom is 0.170 e. The number of ketones is 3. The fraction of sp³-hybridized carbons (Fsp3) is 0.0690. The largest absolute Gasteiger partial charge is 0.299 e. The van der Waals surface area contributed by atoms with Gasteiger partial charge >= 0.3 is 0 Å². The van der Waals surface area contributed by atoms with Crippen molar-refractivity contribution in [2.45, 2.75) is 12.8 Å². The first-order chi connectivity index (χ1) is 15.6. The van der Waals surface area contributed by atoms with Crippen molar-refractivity contribution in [1.82, 2.24) is 0 Å². The van der Waals surface area contributed by atoms with E-state index in [-0.39, 0.29) is 30.2 Å². The summed E-state index contributed by atoms with van der Waals surface area (Å²) in [6.07, 6.45) is -0.558. The van der Waals surface area contributed by atoms with Gasteiger partial charge in [0.05, 0.1) is 12.8 Å². The number of carbonyl (C=O) groups excluding carboxylic acids is 3. The van der Waals surface area contributed by atoms with E-state index in [2.05, 4.69) is 0 Å². The molecule has 4 rings (SSSR count). The Morgan fingerprint density at radius 2 is 0.719 bits per heavy atom. The van der Waals surface area contributed by atoms with Crippen LogP contribution >= 0.6 is 0 Å². The van der Waals surface area contributed by atoms with Crippen molar-refractivity contribution in [2.75, 3.05) is 0 Å². The van der Waals surface area contributed by atoms with E-state index in [1.54, 1.807) is 24.3 Å². The van der Waals surface area contributed by atoms with Crippen LogP contribution in [0.15, 0.2) is 109 Å². The first-order valence-electron chi connectivity index (χ1n) is 10.5. The van der Waals surface area contributed by atoms with Gasteiger partial charge in [0, 0.05) is 11.1 Å². The van der Waals surface area contributed by atoms with Gasteiger partial charge in [0.25, 0.3) is 0 Å². The molecule has 0 saturated carbocycles. The van der Waals surface area contributed by atoms with Gasteiger partial charge in [0.15, 0.2) is 11.6 Å². The first kappa shape index (κ1) is 21.1. The van der Waals surface area contributed by atoms with Crippen molar-refractivity contribution in [3.05, 3.63) is 120 Å². The third kappa shape index (κ3) is 5.13. The third-order valence-corrected chi connectivity index (χ3v) is 5.34. The van der Waals surface area contributed by atoms with E-state index in [0.717, 1.165) is 22.3 Å². The molecule has 0 N–H and O–H groups in total. The fourth-order valence-corrected chi connectivity index (χ4v) is 3.58. The molecule has 156 valence electrons. The molecule has 32 heavy (non-hydrogen) atoms. The van der Waals surface area contributed by atoms with Crippen LogP contribution in [-0.2, 0) is 4.79 Å². The summed E-state index contributed by atoms with van der Waals surface area (Å²) >= 11 is 0.